The van der Waals surface area contributed by atoms with Gasteiger partial charge in [0.05, 0.1) is 12.6 Å². The Balaban J connectivity index is 1.89. The first-order valence-corrected chi connectivity index (χ1v) is 7.54. The van der Waals surface area contributed by atoms with Crippen LogP contribution in [0.25, 0.3) is 0 Å². The molecule has 0 aromatic carbocycles. The molecule has 2 N–H and O–H groups in total. The standard InChI is InChI=1S/C14H22N2O2S/c1-10(17)14(2,3)15-8-13(18)16-6-4-12-11(9-16)5-7-19-12/h5,7,10,15,17H,4,6,8-9H2,1-3H3. The van der Waals surface area contributed by atoms with Gasteiger partial charge in [-0.2, -0.15) is 0 Å². The largest absolute Gasteiger partial charge is 0.392 e. The van der Waals surface area contributed by atoms with E-state index in [0.29, 0.717) is 6.54 Å². The number of aliphatic hydroxyl groups excluding tert-OH is 1. The first-order chi connectivity index (χ1) is 8.90. The first-order valence-electron chi connectivity index (χ1n) is 6.66. The number of hydrogen-bond donors (Lipinski definition) is 2. The van der Waals surface area contributed by atoms with Crippen molar-refractivity contribution in [2.45, 2.75) is 45.4 Å². The summed E-state index contributed by atoms with van der Waals surface area (Å²) < 4.78 is 0. The molecule has 1 aromatic heterocycles. The number of thiophene rings is 1. The van der Waals surface area contributed by atoms with Gasteiger partial charge in [-0.1, -0.05) is 0 Å². The molecule has 2 heterocycles. The van der Waals surface area contributed by atoms with Crippen molar-refractivity contribution in [3.8, 4) is 0 Å². The molecule has 0 spiro atoms. The summed E-state index contributed by atoms with van der Waals surface area (Å²) >= 11 is 1.77. The molecule has 0 aliphatic carbocycles. The van der Waals surface area contributed by atoms with Gasteiger partial charge in [0.2, 0.25) is 5.91 Å². The number of aliphatic hydroxyl groups is 1. The first kappa shape index (κ1) is 14.5. The maximum Gasteiger partial charge on any atom is 0.236 e. The number of fused-ring (bicyclic) bond motifs is 1. The van der Waals surface area contributed by atoms with Gasteiger partial charge in [0, 0.05) is 23.5 Å². The minimum Gasteiger partial charge on any atom is -0.392 e. The van der Waals surface area contributed by atoms with Gasteiger partial charge in [-0.15, -0.1) is 11.3 Å². The number of hydrogen-bond acceptors (Lipinski definition) is 4. The lowest BCUT2D eigenvalue weighted by Crippen LogP contribution is -2.52. The lowest BCUT2D eigenvalue weighted by Gasteiger charge is -2.32. The average molecular weight is 282 g/mol. The molecule has 0 saturated carbocycles. The Labute approximate surface area is 118 Å². The van der Waals surface area contributed by atoms with Gasteiger partial charge in [0.25, 0.3) is 0 Å². The van der Waals surface area contributed by atoms with Crippen LogP contribution in [0.5, 0.6) is 0 Å². The van der Waals surface area contributed by atoms with Crippen molar-refractivity contribution in [3.63, 3.8) is 0 Å². The fourth-order valence-electron chi connectivity index (χ4n) is 2.02. The Morgan fingerprint density at radius 1 is 1.63 bits per heavy atom. The molecule has 5 heteroatoms. The van der Waals surface area contributed by atoms with Gasteiger partial charge in [0.15, 0.2) is 0 Å². The average Bonchev–Trinajstić information content (AvgIpc) is 2.82. The van der Waals surface area contributed by atoms with E-state index in [-0.39, 0.29) is 12.5 Å². The van der Waals surface area contributed by atoms with Crippen LogP contribution >= 0.6 is 11.3 Å². The van der Waals surface area contributed by atoms with Crippen molar-refractivity contribution < 1.29 is 9.90 Å². The fourth-order valence-corrected chi connectivity index (χ4v) is 2.91. The molecule has 1 unspecified atom stereocenters. The molecule has 4 nitrogen and oxygen atoms in total. The molecule has 1 amide bonds. The molecule has 19 heavy (non-hydrogen) atoms. The van der Waals surface area contributed by atoms with Crippen molar-refractivity contribution >= 4 is 17.2 Å². The van der Waals surface area contributed by atoms with Crippen molar-refractivity contribution in [2.24, 2.45) is 0 Å². The predicted octanol–water partition coefficient (Wildman–Crippen LogP) is 1.38. The third-order valence-corrected chi connectivity index (χ3v) is 4.92. The van der Waals surface area contributed by atoms with Crippen LogP contribution in [-0.2, 0) is 17.8 Å². The zero-order valence-electron chi connectivity index (χ0n) is 11.8. The number of carbonyl (C=O) groups is 1. The summed E-state index contributed by atoms with van der Waals surface area (Å²) in [5.41, 5.74) is 0.832. The number of nitrogens with zero attached hydrogens (tertiary/aromatic N) is 1. The van der Waals surface area contributed by atoms with Crippen LogP contribution in [0.4, 0.5) is 0 Å². The van der Waals surface area contributed by atoms with E-state index in [4.69, 9.17) is 0 Å². The summed E-state index contributed by atoms with van der Waals surface area (Å²) in [4.78, 5) is 15.5. The normalized spacial score (nSPS) is 17.2. The molecular weight excluding hydrogens is 260 g/mol. The quantitative estimate of drug-likeness (QED) is 0.877. The lowest BCUT2D eigenvalue weighted by molar-refractivity contribution is -0.131. The Bertz CT molecular complexity index is 454. The highest BCUT2D eigenvalue weighted by molar-refractivity contribution is 7.10. The topological polar surface area (TPSA) is 52.6 Å². The molecule has 1 aliphatic heterocycles. The van der Waals surface area contributed by atoms with Crippen LogP contribution in [0.2, 0.25) is 0 Å². The van der Waals surface area contributed by atoms with E-state index in [1.165, 1.54) is 10.4 Å². The maximum absolute atomic E-state index is 12.2. The molecule has 0 saturated heterocycles. The summed E-state index contributed by atoms with van der Waals surface area (Å²) in [6.07, 6.45) is 0.462. The van der Waals surface area contributed by atoms with Gasteiger partial charge in [0.1, 0.15) is 0 Å². The second kappa shape index (κ2) is 5.61. The van der Waals surface area contributed by atoms with Crippen molar-refractivity contribution in [1.29, 1.82) is 0 Å². The SMILES string of the molecule is CC(O)C(C)(C)NCC(=O)N1CCc2sccc2C1. The minimum absolute atomic E-state index is 0.102. The zero-order valence-corrected chi connectivity index (χ0v) is 12.6. The van der Waals surface area contributed by atoms with Crippen molar-refractivity contribution in [2.75, 3.05) is 13.1 Å². The van der Waals surface area contributed by atoms with Gasteiger partial charge in [-0.3, -0.25) is 4.79 Å². The smallest absolute Gasteiger partial charge is 0.236 e. The fraction of sp³-hybridized carbons (Fsp3) is 0.643. The number of amides is 1. The zero-order chi connectivity index (χ0) is 14.0. The highest BCUT2D eigenvalue weighted by Gasteiger charge is 2.26. The van der Waals surface area contributed by atoms with E-state index in [1.54, 1.807) is 18.3 Å². The number of rotatable bonds is 4. The molecular formula is C14H22N2O2S. The van der Waals surface area contributed by atoms with Crippen molar-refractivity contribution in [1.82, 2.24) is 10.2 Å². The van der Waals surface area contributed by atoms with Crippen LogP contribution in [0.15, 0.2) is 11.4 Å². The Kier molecular flexibility index (Phi) is 4.28. The molecule has 2 rings (SSSR count). The summed E-state index contributed by atoms with van der Waals surface area (Å²) in [6, 6.07) is 2.10. The second-order valence-electron chi connectivity index (χ2n) is 5.69. The van der Waals surface area contributed by atoms with E-state index in [2.05, 4.69) is 16.8 Å². The molecule has 0 bridgehead atoms. The van der Waals surface area contributed by atoms with Crippen LogP contribution in [-0.4, -0.2) is 40.6 Å². The van der Waals surface area contributed by atoms with E-state index in [9.17, 15) is 9.90 Å². The van der Waals surface area contributed by atoms with Crippen LogP contribution in [0.1, 0.15) is 31.2 Å². The number of carbonyl (C=O) groups excluding carboxylic acids is 1. The molecule has 0 fully saturated rings. The summed E-state index contributed by atoms with van der Waals surface area (Å²) in [6.45, 7) is 7.32. The predicted molar refractivity (Wildman–Crippen MR) is 77.2 cm³/mol. The van der Waals surface area contributed by atoms with Crippen LogP contribution in [0.3, 0.4) is 0 Å². The summed E-state index contributed by atoms with van der Waals surface area (Å²) in [7, 11) is 0. The van der Waals surface area contributed by atoms with Gasteiger partial charge in [-0.05, 0) is 44.2 Å². The summed E-state index contributed by atoms with van der Waals surface area (Å²) in [5, 5.41) is 14.8. The van der Waals surface area contributed by atoms with Gasteiger partial charge < -0.3 is 15.3 Å². The van der Waals surface area contributed by atoms with Gasteiger partial charge in [-0.25, -0.2) is 0 Å². The summed E-state index contributed by atoms with van der Waals surface area (Å²) in [5.74, 6) is 0.102. The van der Waals surface area contributed by atoms with E-state index in [0.717, 1.165) is 13.0 Å². The molecule has 0 radical (unpaired) electrons. The molecule has 1 atom stereocenters. The van der Waals surface area contributed by atoms with Crippen molar-refractivity contribution in [3.05, 3.63) is 21.9 Å². The Hall–Kier alpha value is -0.910. The third kappa shape index (κ3) is 3.35. The lowest BCUT2D eigenvalue weighted by atomic mass is 9.99. The second-order valence-corrected chi connectivity index (χ2v) is 6.69. The maximum atomic E-state index is 12.2. The van der Waals surface area contributed by atoms with E-state index >= 15 is 0 Å². The van der Waals surface area contributed by atoms with Gasteiger partial charge >= 0.3 is 0 Å². The van der Waals surface area contributed by atoms with Crippen LogP contribution < -0.4 is 5.32 Å². The molecule has 1 aromatic rings. The highest BCUT2D eigenvalue weighted by Crippen LogP contribution is 2.23. The monoisotopic (exact) mass is 282 g/mol. The third-order valence-electron chi connectivity index (χ3n) is 3.90. The van der Waals surface area contributed by atoms with Crippen LogP contribution in [0, 0.1) is 0 Å². The highest BCUT2D eigenvalue weighted by atomic mass is 32.1. The Morgan fingerprint density at radius 3 is 3.05 bits per heavy atom. The Morgan fingerprint density at radius 2 is 2.37 bits per heavy atom. The number of nitrogens with one attached hydrogen (secondary N) is 1. The minimum atomic E-state index is -0.495. The van der Waals surface area contributed by atoms with E-state index in [1.807, 2.05) is 18.7 Å². The van der Waals surface area contributed by atoms with E-state index < -0.39 is 11.6 Å². The molecule has 1 aliphatic rings. The molecule has 106 valence electrons.